The van der Waals surface area contributed by atoms with E-state index >= 15 is 0 Å². The lowest BCUT2D eigenvalue weighted by Crippen LogP contribution is -2.35. The van der Waals surface area contributed by atoms with Crippen LogP contribution in [-0.4, -0.2) is 44.3 Å². The summed E-state index contributed by atoms with van der Waals surface area (Å²) in [5.41, 5.74) is 2.24. The average Bonchev–Trinajstić information content (AvgIpc) is 3.16. The SMILES string of the molecule is CCCNC(=O)C(=Cc1cn(C)c2ccccc12)NC(=O)c1cc(OC)c(OC)c(OC)c1. The van der Waals surface area contributed by atoms with Gasteiger partial charge in [0.05, 0.1) is 21.3 Å². The largest absolute Gasteiger partial charge is 0.493 e. The molecule has 1 aromatic heterocycles. The first-order chi connectivity index (χ1) is 15.9. The Bertz CT molecular complexity index is 1170. The smallest absolute Gasteiger partial charge is 0.267 e. The second-order valence-electron chi connectivity index (χ2n) is 7.39. The van der Waals surface area contributed by atoms with Crippen molar-refractivity contribution in [3.63, 3.8) is 0 Å². The molecule has 0 aliphatic heterocycles. The third-order valence-electron chi connectivity index (χ3n) is 5.18. The van der Waals surface area contributed by atoms with Crippen molar-refractivity contribution in [1.29, 1.82) is 0 Å². The van der Waals surface area contributed by atoms with Gasteiger partial charge in [-0.3, -0.25) is 9.59 Å². The van der Waals surface area contributed by atoms with Crippen LogP contribution in [0, 0.1) is 0 Å². The van der Waals surface area contributed by atoms with Crippen molar-refractivity contribution in [2.45, 2.75) is 13.3 Å². The number of rotatable bonds is 9. The lowest BCUT2D eigenvalue weighted by Gasteiger charge is -2.15. The van der Waals surface area contributed by atoms with Gasteiger partial charge in [0.15, 0.2) is 11.5 Å². The maximum absolute atomic E-state index is 13.1. The van der Waals surface area contributed by atoms with Crippen LogP contribution < -0.4 is 24.8 Å². The van der Waals surface area contributed by atoms with E-state index < -0.39 is 5.91 Å². The van der Waals surface area contributed by atoms with Gasteiger partial charge in [-0.15, -0.1) is 0 Å². The average molecular weight is 452 g/mol. The van der Waals surface area contributed by atoms with Crippen LogP contribution in [-0.2, 0) is 11.8 Å². The summed E-state index contributed by atoms with van der Waals surface area (Å²) in [4.78, 5) is 26.0. The van der Waals surface area contributed by atoms with Crippen molar-refractivity contribution in [3.8, 4) is 17.2 Å². The third-order valence-corrected chi connectivity index (χ3v) is 5.18. The molecule has 0 unspecified atom stereocenters. The topological polar surface area (TPSA) is 90.8 Å². The first-order valence-electron chi connectivity index (χ1n) is 10.6. The van der Waals surface area contributed by atoms with Crippen LogP contribution in [0.1, 0.15) is 29.3 Å². The molecule has 3 rings (SSSR count). The molecule has 0 radical (unpaired) electrons. The Morgan fingerprint density at radius 1 is 1.03 bits per heavy atom. The predicted octanol–water partition coefficient (Wildman–Crippen LogP) is 3.50. The van der Waals surface area contributed by atoms with E-state index in [4.69, 9.17) is 14.2 Å². The lowest BCUT2D eigenvalue weighted by molar-refractivity contribution is -0.117. The van der Waals surface area contributed by atoms with Crippen LogP contribution in [0.4, 0.5) is 0 Å². The molecule has 1 heterocycles. The minimum Gasteiger partial charge on any atom is -0.493 e. The highest BCUT2D eigenvalue weighted by atomic mass is 16.5. The summed E-state index contributed by atoms with van der Waals surface area (Å²) >= 11 is 0. The fourth-order valence-corrected chi connectivity index (χ4v) is 3.54. The van der Waals surface area contributed by atoms with E-state index in [2.05, 4.69) is 10.6 Å². The molecular weight excluding hydrogens is 422 g/mol. The summed E-state index contributed by atoms with van der Waals surface area (Å²) in [7, 11) is 6.38. The Morgan fingerprint density at radius 2 is 1.70 bits per heavy atom. The van der Waals surface area contributed by atoms with E-state index in [-0.39, 0.29) is 17.2 Å². The van der Waals surface area contributed by atoms with Gasteiger partial charge in [-0.2, -0.15) is 0 Å². The quantitative estimate of drug-likeness (QED) is 0.486. The number of methoxy groups -OCH3 is 3. The summed E-state index contributed by atoms with van der Waals surface area (Å²) in [6.07, 6.45) is 4.38. The highest BCUT2D eigenvalue weighted by Gasteiger charge is 2.20. The van der Waals surface area contributed by atoms with E-state index in [9.17, 15) is 9.59 Å². The number of fused-ring (bicyclic) bond motifs is 1. The first-order valence-corrected chi connectivity index (χ1v) is 10.6. The van der Waals surface area contributed by atoms with Gasteiger partial charge in [0.25, 0.3) is 11.8 Å². The van der Waals surface area contributed by atoms with Crippen molar-refractivity contribution >= 4 is 28.8 Å². The van der Waals surface area contributed by atoms with E-state index in [0.717, 1.165) is 22.9 Å². The summed E-state index contributed by atoms with van der Waals surface area (Å²) in [6, 6.07) is 10.9. The number of aryl methyl sites for hydroxylation is 1. The minimum absolute atomic E-state index is 0.138. The molecule has 2 amide bonds. The molecule has 0 atom stereocenters. The number of benzene rings is 2. The fraction of sp³-hybridized carbons (Fsp3) is 0.280. The molecule has 2 N–H and O–H groups in total. The van der Waals surface area contributed by atoms with Gasteiger partial charge in [-0.1, -0.05) is 25.1 Å². The zero-order valence-electron chi connectivity index (χ0n) is 19.5. The van der Waals surface area contributed by atoms with Crippen LogP contribution in [0.2, 0.25) is 0 Å². The number of aromatic nitrogens is 1. The molecule has 0 aliphatic carbocycles. The standard InChI is InChI=1S/C25H29N3O5/c1-6-11-26-25(30)19(12-17-15-28(2)20-10-8-7-9-18(17)20)27-24(29)16-13-21(31-3)23(33-5)22(14-16)32-4/h7-10,12-15H,6,11H2,1-5H3,(H,26,30)(H,27,29). The van der Waals surface area contributed by atoms with Crippen LogP contribution in [0.15, 0.2) is 48.3 Å². The lowest BCUT2D eigenvalue weighted by atomic mass is 10.1. The molecule has 2 aromatic carbocycles. The number of nitrogens with one attached hydrogen (secondary N) is 2. The Balaban J connectivity index is 2.01. The van der Waals surface area contributed by atoms with Crippen molar-refractivity contribution in [2.24, 2.45) is 7.05 Å². The summed E-state index contributed by atoms with van der Waals surface area (Å²) < 4.78 is 18.0. The monoisotopic (exact) mass is 451 g/mol. The second kappa shape index (κ2) is 10.6. The van der Waals surface area contributed by atoms with Gasteiger partial charge in [0.2, 0.25) is 5.75 Å². The third kappa shape index (κ3) is 5.11. The molecule has 0 saturated heterocycles. The van der Waals surface area contributed by atoms with Crippen molar-refractivity contribution in [1.82, 2.24) is 15.2 Å². The van der Waals surface area contributed by atoms with Gasteiger partial charge in [-0.25, -0.2) is 0 Å². The van der Waals surface area contributed by atoms with E-state index in [1.807, 2.05) is 49.0 Å². The molecule has 0 bridgehead atoms. The van der Waals surface area contributed by atoms with Gasteiger partial charge in [0.1, 0.15) is 5.70 Å². The van der Waals surface area contributed by atoms with Crippen molar-refractivity contribution in [3.05, 3.63) is 59.4 Å². The van der Waals surface area contributed by atoms with Crippen LogP contribution in [0.25, 0.3) is 17.0 Å². The molecule has 8 nitrogen and oxygen atoms in total. The number of ether oxygens (including phenoxy) is 3. The van der Waals surface area contributed by atoms with Crippen LogP contribution in [0.5, 0.6) is 17.2 Å². The Kier molecular flexibility index (Phi) is 7.61. The van der Waals surface area contributed by atoms with E-state index in [0.29, 0.717) is 23.8 Å². The molecular formula is C25H29N3O5. The van der Waals surface area contributed by atoms with Gasteiger partial charge in [-0.05, 0) is 30.7 Å². The fourth-order valence-electron chi connectivity index (χ4n) is 3.54. The van der Waals surface area contributed by atoms with Gasteiger partial charge in [0, 0.05) is 41.8 Å². The molecule has 0 aliphatic rings. The van der Waals surface area contributed by atoms with Crippen molar-refractivity contribution < 1.29 is 23.8 Å². The van der Waals surface area contributed by atoms with Crippen molar-refractivity contribution in [2.75, 3.05) is 27.9 Å². The van der Waals surface area contributed by atoms with Crippen LogP contribution >= 0.6 is 0 Å². The Hall–Kier alpha value is -3.94. The Morgan fingerprint density at radius 3 is 2.30 bits per heavy atom. The van der Waals surface area contributed by atoms with Crippen LogP contribution in [0.3, 0.4) is 0 Å². The number of carbonyl (C=O) groups is 2. The number of nitrogens with zero attached hydrogens (tertiary/aromatic N) is 1. The zero-order chi connectivity index (χ0) is 24.0. The van der Waals surface area contributed by atoms with Gasteiger partial charge >= 0.3 is 0 Å². The molecule has 8 heteroatoms. The van der Waals surface area contributed by atoms with Gasteiger partial charge < -0.3 is 29.4 Å². The molecule has 33 heavy (non-hydrogen) atoms. The molecule has 0 spiro atoms. The zero-order valence-corrected chi connectivity index (χ0v) is 19.5. The number of carbonyl (C=O) groups excluding carboxylic acids is 2. The normalized spacial score (nSPS) is 11.2. The molecule has 0 fully saturated rings. The predicted molar refractivity (Wildman–Crippen MR) is 128 cm³/mol. The summed E-state index contributed by atoms with van der Waals surface area (Å²) in [5, 5.41) is 6.56. The minimum atomic E-state index is -0.479. The number of para-hydroxylation sites is 1. The number of hydrogen-bond acceptors (Lipinski definition) is 5. The number of amides is 2. The maximum Gasteiger partial charge on any atom is 0.267 e. The second-order valence-corrected chi connectivity index (χ2v) is 7.39. The highest BCUT2D eigenvalue weighted by molar-refractivity contribution is 6.07. The summed E-state index contributed by atoms with van der Waals surface area (Å²) in [6.45, 7) is 2.45. The summed E-state index contributed by atoms with van der Waals surface area (Å²) in [5.74, 6) is 0.218. The first kappa shape index (κ1) is 23.7. The molecule has 174 valence electrons. The molecule has 0 saturated carbocycles. The maximum atomic E-state index is 13.1. The number of hydrogen-bond donors (Lipinski definition) is 2. The highest BCUT2D eigenvalue weighted by Crippen LogP contribution is 2.38. The van der Waals surface area contributed by atoms with E-state index in [1.54, 1.807) is 6.08 Å². The van der Waals surface area contributed by atoms with E-state index in [1.165, 1.54) is 33.5 Å². The Labute approximate surface area is 193 Å². The molecule has 3 aromatic rings.